The van der Waals surface area contributed by atoms with Crippen LogP contribution >= 0.6 is 0 Å². The van der Waals surface area contributed by atoms with E-state index in [1.807, 2.05) is 0 Å². The zero-order chi connectivity index (χ0) is 15.1. The molecule has 0 bridgehead atoms. The Hall–Kier alpha value is -0.850. The van der Waals surface area contributed by atoms with Gasteiger partial charge < -0.3 is 26.2 Å². The molecule has 6 nitrogen and oxygen atoms in total. The van der Waals surface area contributed by atoms with Crippen molar-refractivity contribution in [3.63, 3.8) is 0 Å². The van der Waals surface area contributed by atoms with Gasteiger partial charge in [-0.05, 0) is 38.6 Å². The fourth-order valence-corrected chi connectivity index (χ4v) is 3.34. The van der Waals surface area contributed by atoms with E-state index >= 15 is 0 Å². The topological polar surface area (TPSA) is 96.6 Å². The Morgan fingerprint density at radius 2 is 1.90 bits per heavy atom. The van der Waals surface area contributed by atoms with Crippen LogP contribution in [0.5, 0.6) is 0 Å². The van der Waals surface area contributed by atoms with Gasteiger partial charge in [0.1, 0.15) is 6.10 Å². The third-order valence-electron chi connectivity index (χ3n) is 4.54. The molecule has 0 unspecified atom stereocenters. The Morgan fingerprint density at radius 1 is 1.14 bits per heavy atom. The standard InChI is InChI=1S/C15H29N3O3/c16-9-8-12-6-7-13(14(10-19)21-12)18-15(20)17-11-4-2-1-3-5-11/h11-14,19H,1-10,16H2,(H2,17,18,20)/t12-,13+,14+/m0/s1. The SMILES string of the molecule is NCC[C@@H]1CC[C@@H](NC(=O)NC2CCCCC2)[C@@H](CO)O1. The van der Waals surface area contributed by atoms with Gasteiger partial charge in [0.2, 0.25) is 0 Å². The zero-order valence-corrected chi connectivity index (χ0v) is 12.7. The first-order valence-corrected chi connectivity index (χ1v) is 8.26. The Labute approximate surface area is 126 Å². The maximum Gasteiger partial charge on any atom is 0.315 e. The van der Waals surface area contributed by atoms with Crippen LogP contribution in [0.3, 0.4) is 0 Å². The van der Waals surface area contributed by atoms with Gasteiger partial charge in [-0.25, -0.2) is 4.79 Å². The highest BCUT2D eigenvalue weighted by Crippen LogP contribution is 2.22. The highest BCUT2D eigenvalue weighted by atomic mass is 16.5. The molecule has 1 aliphatic heterocycles. The molecular formula is C15H29N3O3. The molecule has 0 spiro atoms. The minimum Gasteiger partial charge on any atom is -0.394 e. The van der Waals surface area contributed by atoms with Crippen molar-refractivity contribution in [2.45, 2.75) is 75.7 Å². The van der Waals surface area contributed by atoms with Gasteiger partial charge >= 0.3 is 6.03 Å². The molecule has 1 saturated heterocycles. The maximum atomic E-state index is 12.1. The second-order valence-corrected chi connectivity index (χ2v) is 6.19. The van der Waals surface area contributed by atoms with Gasteiger partial charge in [0.25, 0.3) is 0 Å². The fraction of sp³-hybridized carbons (Fsp3) is 0.933. The Morgan fingerprint density at radius 3 is 2.57 bits per heavy atom. The number of nitrogens with two attached hydrogens (primary N) is 1. The number of hydrogen-bond acceptors (Lipinski definition) is 4. The van der Waals surface area contributed by atoms with Gasteiger partial charge in [-0.3, -0.25) is 0 Å². The smallest absolute Gasteiger partial charge is 0.315 e. The molecule has 0 aromatic heterocycles. The predicted molar refractivity (Wildman–Crippen MR) is 81.0 cm³/mol. The second kappa shape index (κ2) is 8.56. The number of aliphatic hydroxyl groups is 1. The summed E-state index contributed by atoms with van der Waals surface area (Å²) in [7, 11) is 0. The van der Waals surface area contributed by atoms with Crippen LogP contribution in [0.15, 0.2) is 0 Å². The summed E-state index contributed by atoms with van der Waals surface area (Å²) < 4.78 is 5.81. The Kier molecular flexibility index (Phi) is 6.73. The zero-order valence-electron chi connectivity index (χ0n) is 12.7. The van der Waals surface area contributed by atoms with Gasteiger partial charge in [-0.15, -0.1) is 0 Å². The van der Waals surface area contributed by atoms with Crippen molar-refractivity contribution < 1.29 is 14.6 Å². The summed E-state index contributed by atoms with van der Waals surface area (Å²) >= 11 is 0. The lowest BCUT2D eigenvalue weighted by atomic mass is 9.95. The largest absolute Gasteiger partial charge is 0.394 e. The van der Waals surface area contributed by atoms with Crippen molar-refractivity contribution in [2.75, 3.05) is 13.2 Å². The average Bonchev–Trinajstić information content (AvgIpc) is 2.50. The number of nitrogens with one attached hydrogen (secondary N) is 2. The van der Waals surface area contributed by atoms with Gasteiger partial charge in [-0.1, -0.05) is 19.3 Å². The molecule has 1 heterocycles. The van der Waals surface area contributed by atoms with Crippen LogP contribution in [-0.4, -0.2) is 48.6 Å². The average molecular weight is 299 g/mol. The lowest BCUT2D eigenvalue weighted by Gasteiger charge is -2.36. The summed E-state index contributed by atoms with van der Waals surface area (Å²) in [6, 6.07) is 0.0414. The van der Waals surface area contributed by atoms with Crippen LogP contribution in [0.1, 0.15) is 51.4 Å². The molecule has 2 rings (SSSR count). The van der Waals surface area contributed by atoms with E-state index in [0.717, 1.165) is 32.1 Å². The minimum absolute atomic E-state index is 0.0740. The Balaban J connectivity index is 1.76. The van der Waals surface area contributed by atoms with E-state index in [9.17, 15) is 9.90 Å². The number of aliphatic hydroxyl groups excluding tert-OH is 1. The highest BCUT2D eigenvalue weighted by molar-refractivity contribution is 5.74. The van der Waals surface area contributed by atoms with Gasteiger partial charge in [0.05, 0.1) is 18.8 Å². The quantitative estimate of drug-likeness (QED) is 0.606. The molecule has 21 heavy (non-hydrogen) atoms. The molecule has 0 aromatic carbocycles. The predicted octanol–water partition coefficient (Wildman–Crippen LogP) is 0.876. The number of carbonyl (C=O) groups excluding carboxylic acids is 1. The normalized spacial score (nSPS) is 30.9. The van der Waals surface area contributed by atoms with Crippen molar-refractivity contribution in [3.8, 4) is 0 Å². The number of hydrogen-bond donors (Lipinski definition) is 4. The number of urea groups is 1. The monoisotopic (exact) mass is 299 g/mol. The maximum absolute atomic E-state index is 12.1. The van der Waals surface area contributed by atoms with Crippen molar-refractivity contribution in [1.82, 2.24) is 10.6 Å². The molecular weight excluding hydrogens is 270 g/mol. The first kappa shape index (κ1) is 16.5. The molecule has 5 N–H and O–H groups in total. The fourth-order valence-electron chi connectivity index (χ4n) is 3.34. The van der Waals surface area contributed by atoms with E-state index in [1.54, 1.807) is 0 Å². The van der Waals surface area contributed by atoms with E-state index in [4.69, 9.17) is 10.5 Å². The summed E-state index contributed by atoms with van der Waals surface area (Å²) in [5, 5.41) is 15.5. The van der Waals surface area contributed by atoms with Crippen molar-refractivity contribution in [2.24, 2.45) is 5.73 Å². The molecule has 2 amide bonds. The van der Waals surface area contributed by atoms with E-state index in [0.29, 0.717) is 12.6 Å². The third-order valence-corrected chi connectivity index (χ3v) is 4.54. The molecule has 2 fully saturated rings. The molecule has 2 aliphatic rings. The van der Waals surface area contributed by atoms with Crippen molar-refractivity contribution in [1.29, 1.82) is 0 Å². The van der Waals surface area contributed by atoms with Crippen molar-refractivity contribution in [3.05, 3.63) is 0 Å². The number of amides is 2. The minimum atomic E-state index is -0.326. The molecule has 122 valence electrons. The lowest BCUT2D eigenvalue weighted by molar-refractivity contribution is -0.0884. The van der Waals surface area contributed by atoms with Crippen molar-refractivity contribution >= 4 is 6.03 Å². The summed E-state index contributed by atoms with van der Waals surface area (Å²) in [5.74, 6) is 0. The summed E-state index contributed by atoms with van der Waals surface area (Å²) in [4.78, 5) is 12.1. The number of carbonyl (C=O) groups is 1. The van der Waals surface area contributed by atoms with E-state index in [-0.39, 0.29) is 30.9 Å². The summed E-state index contributed by atoms with van der Waals surface area (Å²) in [6.45, 7) is 0.512. The van der Waals surface area contributed by atoms with Crippen LogP contribution in [0, 0.1) is 0 Å². The molecule has 1 aliphatic carbocycles. The van der Waals surface area contributed by atoms with Crippen LogP contribution in [0.4, 0.5) is 4.79 Å². The summed E-state index contributed by atoms with van der Waals surface area (Å²) in [6.07, 6.45) is 8.07. The first-order chi connectivity index (χ1) is 10.2. The van der Waals surface area contributed by atoms with E-state index in [2.05, 4.69) is 10.6 Å². The van der Waals surface area contributed by atoms with Crippen LogP contribution in [0.2, 0.25) is 0 Å². The lowest BCUT2D eigenvalue weighted by Crippen LogP contribution is -2.54. The summed E-state index contributed by atoms with van der Waals surface area (Å²) in [5.41, 5.74) is 5.54. The van der Waals surface area contributed by atoms with Gasteiger partial charge in [-0.2, -0.15) is 0 Å². The van der Waals surface area contributed by atoms with E-state index < -0.39 is 0 Å². The molecule has 0 aromatic rings. The Bertz CT molecular complexity index is 321. The van der Waals surface area contributed by atoms with Gasteiger partial charge in [0, 0.05) is 6.04 Å². The first-order valence-electron chi connectivity index (χ1n) is 8.26. The van der Waals surface area contributed by atoms with Crippen LogP contribution in [-0.2, 0) is 4.74 Å². The second-order valence-electron chi connectivity index (χ2n) is 6.19. The molecule has 1 saturated carbocycles. The highest BCUT2D eigenvalue weighted by Gasteiger charge is 2.31. The van der Waals surface area contributed by atoms with Crippen LogP contribution < -0.4 is 16.4 Å². The van der Waals surface area contributed by atoms with Crippen LogP contribution in [0.25, 0.3) is 0 Å². The molecule has 3 atom stereocenters. The number of rotatable bonds is 5. The molecule has 6 heteroatoms. The molecule has 0 radical (unpaired) electrons. The third kappa shape index (κ3) is 5.13. The van der Waals surface area contributed by atoms with Gasteiger partial charge in [0.15, 0.2) is 0 Å². The number of ether oxygens (including phenoxy) is 1. The van der Waals surface area contributed by atoms with E-state index in [1.165, 1.54) is 19.3 Å².